The summed E-state index contributed by atoms with van der Waals surface area (Å²) in [6, 6.07) is 6.40. The van der Waals surface area contributed by atoms with Crippen LogP contribution in [-0.2, 0) is 4.74 Å². The lowest BCUT2D eigenvalue weighted by Gasteiger charge is -2.19. The molecule has 16 heavy (non-hydrogen) atoms. The molecule has 0 heterocycles. The number of halogens is 1. The smallest absolute Gasteiger partial charge is 0.147 e. The average molecular weight is 222 g/mol. The Bertz CT molecular complexity index is 387. The number of nitriles is 1. The molecule has 0 bridgehead atoms. The van der Waals surface area contributed by atoms with Crippen LogP contribution in [0.2, 0.25) is 0 Å². The molecule has 0 radical (unpaired) electrons. The molecule has 0 spiro atoms. The number of hydrogen-bond donors (Lipinski definition) is 0. The van der Waals surface area contributed by atoms with Gasteiger partial charge in [0.05, 0.1) is 17.3 Å². The first-order chi connectivity index (χ1) is 7.69. The van der Waals surface area contributed by atoms with Crippen molar-refractivity contribution in [2.24, 2.45) is 0 Å². The van der Waals surface area contributed by atoms with Crippen molar-refractivity contribution < 1.29 is 9.13 Å². The van der Waals surface area contributed by atoms with Gasteiger partial charge in [-0.3, -0.25) is 0 Å². The fraction of sp³-hybridized carbons (Fsp3) is 0.417. The molecule has 0 aliphatic heterocycles. The van der Waals surface area contributed by atoms with E-state index in [2.05, 4.69) is 0 Å². The Labute approximate surface area is 95.1 Å². The van der Waals surface area contributed by atoms with E-state index in [1.54, 1.807) is 19.2 Å². The quantitative estimate of drug-likeness (QED) is 0.716. The molecule has 4 heteroatoms. The van der Waals surface area contributed by atoms with E-state index < -0.39 is 0 Å². The van der Waals surface area contributed by atoms with E-state index >= 15 is 0 Å². The molecule has 0 unspecified atom stereocenters. The average Bonchev–Trinajstić information content (AvgIpc) is 2.29. The molecule has 0 N–H and O–H groups in total. The Morgan fingerprint density at radius 1 is 1.50 bits per heavy atom. The lowest BCUT2D eigenvalue weighted by molar-refractivity contribution is 0.196. The molecule has 0 aromatic heterocycles. The summed E-state index contributed by atoms with van der Waals surface area (Å²) >= 11 is 0. The van der Waals surface area contributed by atoms with Crippen LogP contribution < -0.4 is 4.90 Å². The van der Waals surface area contributed by atoms with Crippen molar-refractivity contribution in [3.63, 3.8) is 0 Å². The van der Waals surface area contributed by atoms with E-state index in [9.17, 15) is 4.39 Å². The second-order valence-electron chi connectivity index (χ2n) is 3.55. The third kappa shape index (κ3) is 3.21. The lowest BCUT2D eigenvalue weighted by atomic mass is 10.2. The van der Waals surface area contributed by atoms with E-state index in [0.717, 1.165) is 13.0 Å². The molecule has 0 saturated heterocycles. The second-order valence-corrected chi connectivity index (χ2v) is 3.55. The van der Waals surface area contributed by atoms with Crippen molar-refractivity contribution in [3.05, 3.63) is 29.6 Å². The van der Waals surface area contributed by atoms with Crippen LogP contribution in [0, 0.1) is 17.1 Å². The fourth-order valence-corrected chi connectivity index (χ4v) is 1.45. The molecule has 1 aromatic rings. The van der Waals surface area contributed by atoms with Gasteiger partial charge in [-0.05, 0) is 24.6 Å². The van der Waals surface area contributed by atoms with Gasteiger partial charge in [-0.2, -0.15) is 5.26 Å². The first kappa shape index (κ1) is 12.5. The Kier molecular flexibility index (Phi) is 4.74. The minimum atomic E-state index is -0.362. The van der Waals surface area contributed by atoms with Crippen LogP contribution in [0.15, 0.2) is 18.2 Å². The lowest BCUT2D eigenvalue weighted by Crippen LogP contribution is -2.20. The van der Waals surface area contributed by atoms with Crippen molar-refractivity contribution in [1.29, 1.82) is 5.26 Å². The van der Waals surface area contributed by atoms with Crippen molar-refractivity contribution in [2.45, 2.75) is 6.42 Å². The maximum atomic E-state index is 13.6. The van der Waals surface area contributed by atoms with Gasteiger partial charge in [-0.1, -0.05) is 0 Å². The zero-order chi connectivity index (χ0) is 12.0. The van der Waals surface area contributed by atoms with Gasteiger partial charge < -0.3 is 9.64 Å². The van der Waals surface area contributed by atoms with Crippen LogP contribution in [-0.4, -0.2) is 27.3 Å². The molecule has 86 valence electrons. The van der Waals surface area contributed by atoms with Crippen LogP contribution >= 0.6 is 0 Å². The van der Waals surface area contributed by atoms with Crippen LogP contribution in [0.4, 0.5) is 10.1 Å². The zero-order valence-electron chi connectivity index (χ0n) is 9.53. The largest absolute Gasteiger partial charge is 0.385 e. The zero-order valence-corrected chi connectivity index (χ0v) is 9.53. The second kappa shape index (κ2) is 6.09. The van der Waals surface area contributed by atoms with Crippen LogP contribution in [0.1, 0.15) is 12.0 Å². The molecular formula is C12H15FN2O. The molecule has 0 atom stereocenters. The van der Waals surface area contributed by atoms with E-state index in [-0.39, 0.29) is 5.82 Å². The summed E-state index contributed by atoms with van der Waals surface area (Å²) < 4.78 is 18.5. The highest BCUT2D eigenvalue weighted by Gasteiger charge is 2.07. The Balaban J connectivity index is 2.69. The molecule has 3 nitrogen and oxygen atoms in total. The van der Waals surface area contributed by atoms with Crippen molar-refractivity contribution in [1.82, 2.24) is 0 Å². The number of methoxy groups -OCH3 is 1. The highest BCUT2D eigenvalue weighted by atomic mass is 19.1. The highest BCUT2D eigenvalue weighted by molar-refractivity contribution is 5.50. The fourth-order valence-electron chi connectivity index (χ4n) is 1.45. The summed E-state index contributed by atoms with van der Waals surface area (Å²) in [5.41, 5.74) is 0.849. The van der Waals surface area contributed by atoms with Gasteiger partial charge in [-0.15, -0.1) is 0 Å². The predicted octanol–water partition coefficient (Wildman–Crippen LogP) is 2.17. The Morgan fingerprint density at radius 3 is 2.81 bits per heavy atom. The topological polar surface area (TPSA) is 36.3 Å². The summed E-state index contributed by atoms with van der Waals surface area (Å²) in [4.78, 5) is 1.81. The Morgan fingerprint density at radius 2 is 2.25 bits per heavy atom. The molecule has 1 aromatic carbocycles. The minimum absolute atomic E-state index is 0.339. The van der Waals surface area contributed by atoms with Gasteiger partial charge in [-0.25, -0.2) is 4.39 Å². The Hall–Kier alpha value is -1.60. The third-order valence-electron chi connectivity index (χ3n) is 2.33. The van der Waals surface area contributed by atoms with E-state index in [1.807, 2.05) is 18.0 Å². The highest BCUT2D eigenvalue weighted by Crippen LogP contribution is 2.19. The first-order valence-corrected chi connectivity index (χ1v) is 5.08. The molecular weight excluding hydrogens is 207 g/mol. The first-order valence-electron chi connectivity index (χ1n) is 5.08. The summed E-state index contributed by atoms with van der Waals surface area (Å²) in [5.74, 6) is -0.362. The van der Waals surface area contributed by atoms with Gasteiger partial charge in [0, 0.05) is 27.3 Å². The monoisotopic (exact) mass is 222 g/mol. The molecule has 0 saturated carbocycles. The number of hydrogen-bond acceptors (Lipinski definition) is 3. The number of ether oxygens (including phenoxy) is 1. The summed E-state index contributed by atoms with van der Waals surface area (Å²) in [7, 11) is 3.46. The predicted molar refractivity (Wildman–Crippen MR) is 60.9 cm³/mol. The molecule has 0 fully saturated rings. The number of anilines is 1. The van der Waals surface area contributed by atoms with E-state index in [1.165, 1.54) is 6.07 Å². The maximum absolute atomic E-state index is 13.6. The van der Waals surface area contributed by atoms with Crippen molar-refractivity contribution >= 4 is 5.69 Å². The number of nitrogens with zero attached hydrogens (tertiary/aromatic N) is 2. The summed E-state index contributed by atoms with van der Waals surface area (Å²) in [6.07, 6.45) is 0.840. The van der Waals surface area contributed by atoms with Crippen LogP contribution in [0.5, 0.6) is 0 Å². The normalized spacial score (nSPS) is 9.88. The van der Waals surface area contributed by atoms with Gasteiger partial charge in [0.25, 0.3) is 0 Å². The molecule has 0 aliphatic carbocycles. The van der Waals surface area contributed by atoms with E-state index in [0.29, 0.717) is 17.9 Å². The minimum Gasteiger partial charge on any atom is -0.385 e. The van der Waals surface area contributed by atoms with Gasteiger partial charge in [0.1, 0.15) is 5.82 Å². The van der Waals surface area contributed by atoms with Gasteiger partial charge in [0.15, 0.2) is 0 Å². The van der Waals surface area contributed by atoms with Gasteiger partial charge in [0.2, 0.25) is 0 Å². The third-order valence-corrected chi connectivity index (χ3v) is 2.33. The van der Waals surface area contributed by atoms with E-state index in [4.69, 9.17) is 10.00 Å². The molecule has 1 rings (SSSR count). The van der Waals surface area contributed by atoms with Crippen molar-refractivity contribution in [3.8, 4) is 6.07 Å². The SMILES string of the molecule is COCCCN(C)c1ccc(C#N)cc1F. The number of benzene rings is 1. The summed E-state index contributed by atoms with van der Waals surface area (Å²) in [5, 5.41) is 8.62. The number of rotatable bonds is 5. The van der Waals surface area contributed by atoms with Crippen molar-refractivity contribution in [2.75, 3.05) is 32.2 Å². The molecule has 0 aliphatic rings. The van der Waals surface area contributed by atoms with Crippen LogP contribution in [0.3, 0.4) is 0 Å². The van der Waals surface area contributed by atoms with Gasteiger partial charge >= 0.3 is 0 Å². The standard InChI is InChI=1S/C12H15FN2O/c1-15(6-3-7-16-2)12-5-4-10(9-14)8-11(12)13/h4-5,8H,3,6-7H2,1-2H3. The maximum Gasteiger partial charge on any atom is 0.147 e. The van der Waals surface area contributed by atoms with Crippen LogP contribution in [0.25, 0.3) is 0 Å². The summed E-state index contributed by atoms with van der Waals surface area (Å²) in [6.45, 7) is 1.37. The molecule has 0 amide bonds.